The van der Waals surface area contributed by atoms with Gasteiger partial charge in [0.05, 0.1) is 9.89 Å². The molecule has 0 saturated heterocycles. The third-order valence-electron chi connectivity index (χ3n) is 1.27. The minimum absolute atomic E-state index is 0.516. The number of hydrogen-bond donors (Lipinski definition) is 2. The predicted octanol–water partition coefficient (Wildman–Crippen LogP) is 1.73. The molecular formula is C7H8N2S2. The van der Waals surface area contributed by atoms with Crippen molar-refractivity contribution in [1.29, 1.82) is 0 Å². The third-order valence-corrected chi connectivity index (χ3v) is 1.71. The zero-order valence-electron chi connectivity index (χ0n) is 6.03. The van der Waals surface area contributed by atoms with Crippen LogP contribution in [-0.2, 0) is 0 Å². The molecule has 2 nitrogen and oxygen atoms in total. The molecule has 1 aromatic rings. The molecule has 0 amide bonds. The highest BCUT2D eigenvalue weighted by atomic mass is 32.1. The molecule has 4 heteroatoms. The van der Waals surface area contributed by atoms with Crippen molar-refractivity contribution >= 4 is 34.7 Å². The van der Waals surface area contributed by atoms with Crippen LogP contribution in [0, 0.1) is 0 Å². The second-order valence-corrected chi connectivity index (χ2v) is 3.14. The van der Waals surface area contributed by atoms with E-state index in [9.17, 15) is 0 Å². The van der Waals surface area contributed by atoms with Gasteiger partial charge in [-0.25, -0.2) is 0 Å². The van der Waals surface area contributed by atoms with E-state index in [2.05, 4.69) is 22.9 Å². The molecule has 1 heterocycles. The van der Waals surface area contributed by atoms with E-state index in [0.29, 0.717) is 4.20 Å². The summed E-state index contributed by atoms with van der Waals surface area (Å²) in [5, 5.41) is 2.99. The van der Waals surface area contributed by atoms with E-state index in [1.807, 2.05) is 19.2 Å². The number of hydrogen-bond acceptors (Lipinski definition) is 3. The zero-order valence-corrected chi connectivity index (χ0v) is 7.75. The topological polar surface area (TPSA) is 24.9 Å². The van der Waals surface area contributed by atoms with Crippen LogP contribution in [0.4, 0.5) is 5.69 Å². The van der Waals surface area contributed by atoms with Crippen molar-refractivity contribution < 1.29 is 0 Å². The molecule has 0 fully saturated rings. The Kier molecular flexibility index (Phi) is 2.84. The normalized spacial score (nSPS) is 9.27. The Morgan fingerprint density at radius 1 is 1.73 bits per heavy atom. The third kappa shape index (κ3) is 2.17. The zero-order chi connectivity index (χ0) is 8.27. The largest absolute Gasteiger partial charge is 0.388 e. The van der Waals surface area contributed by atoms with Crippen molar-refractivity contribution in [3.05, 3.63) is 24.0 Å². The summed E-state index contributed by atoms with van der Waals surface area (Å²) < 4.78 is 0.516. The number of nitrogens with one attached hydrogen (secondary N) is 1. The monoisotopic (exact) mass is 184 g/mol. The maximum absolute atomic E-state index is 4.84. The Morgan fingerprint density at radius 3 is 3.00 bits per heavy atom. The van der Waals surface area contributed by atoms with Crippen molar-refractivity contribution in [2.24, 2.45) is 0 Å². The summed E-state index contributed by atoms with van der Waals surface area (Å²) in [6, 6.07) is 3.73. The average Bonchev–Trinajstić information content (AvgIpc) is 2.05. The molecular weight excluding hydrogens is 176 g/mol. The van der Waals surface area contributed by atoms with Gasteiger partial charge < -0.3 is 5.32 Å². The summed E-state index contributed by atoms with van der Waals surface area (Å²) in [5.41, 5.74) is 1.72. The fourth-order valence-electron chi connectivity index (χ4n) is 0.703. The maximum Gasteiger partial charge on any atom is 0.0933 e. The fourth-order valence-corrected chi connectivity index (χ4v) is 0.937. The molecule has 1 rings (SSSR count). The summed E-state index contributed by atoms with van der Waals surface area (Å²) in [6.07, 6.45) is 1.70. The molecule has 58 valence electrons. The van der Waals surface area contributed by atoms with E-state index < -0.39 is 0 Å². The highest BCUT2D eigenvalue weighted by Gasteiger charge is 1.96. The first kappa shape index (κ1) is 8.49. The van der Waals surface area contributed by atoms with Gasteiger partial charge in [0.15, 0.2) is 0 Å². The first-order chi connectivity index (χ1) is 5.24. The van der Waals surface area contributed by atoms with E-state index in [-0.39, 0.29) is 0 Å². The molecule has 0 unspecified atom stereocenters. The van der Waals surface area contributed by atoms with Gasteiger partial charge in [-0.05, 0) is 12.1 Å². The summed E-state index contributed by atoms with van der Waals surface area (Å²) in [5.74, 6) is 0. The van der Waals surface area contributed by atoms with Gasteiger partial charge in [-0.3, -0.25) is 4.98 Å². The summed E-state index contributed by atoms with van der Waals surface area (Å²) >= 11 is 8.86. The molecule has 0 aliphatic rings. The number of nitrogens with zero attached hydrogens (tertiary/aromatic N) is 1. The Labute approximate surface area is 76.4 Å². The number of pyridine rings is 1. The van der Waals surface area contributed by atoms with Gasteiger partial charge in [-0.1, -0.05) is 12.2 Å². The second-order valence-electron chi connectivity index (χ2n) is 1.98. The molecule has 0 spiro atoms. The lowest BCUT2D eigenvalue weighted by Crippen LogP contribution is -1.95. The minimum Gasteiger partial charge on any atom is -0.388 e. The van der Waals surface area contributed by atoms with Gasteiger partial charge in [-0.2, -0.15) is 0 Å². The number of thiol groups is 1. The van der Waals surface area contributed by atoms with Crippen LogP contribution in [0.5, 0.6) is 0 Å². The molecule has 0 bridgehead atoms. The summed E-state index contributed by atoms with van der Waals surface area (Å²) in [6.45, 7) is 0. The van der Waals surface area contributed by atoms with E-state index in [4.69, 9.17) is 12.2 Å². The quantitative estimate of drug-likeness (QED) is 0.541. The van der Waals surface area contributed by atoms with Crippen LogP contribution in [0.3, 0.4) is 0 Å². The van der Waals surface area contributed by atoms with Crippen LogP contribution in [-0.4, -0.2) is 16.2 Å². The summed E-state index contributed by atoms with van der Waals surface area (Å²) in [7, 11) is 1.85. The molecule has 11 heavy (non-hydrogen) atoms. The second kappa shape index (κ2) is 3.69. The molecule has 0 saturated carbocycles. The molecule has 0 aliphatic heterocycles. The first-order valence-corrected chi connectivity index (χ1v) is 3.96. The standard InChI is InChI=1S/C7H8N2S2/c1-8-5-2-3-9-6(4-5)7(10)11/h2-4H,1H3,(H,8,9)(H,10,11). The molecule has 1 aromatic heterocycles. The molecule has 0 aromatic carbocycles. The molecule has 1 N–H and O–H groups in total. The van der Waals surface area contributed by atoms with Crippen LogP contribution >= 0.6 is 24.8 Å². The number of thiocarbonyl (C=S) groups is 1. The van der Waals surface area contributed by atoms with E-state index >= 15 is 0 Å². The lowest BCUT2D eigenvalue weighted by molar-refractivity contribution is 1.30. The Hall–Kier alpha value is -0.610. The van der Waals surface area contributed by atoms with Crippen molar-refractivity contribution in [3.63, 3.8) is 0 Å². The Balaban J connectivity index is 3.01. The predicted molar refractivity (Wildman–Crippen MR) is 54.5 cm³/mol. The molecule has 0 aliphatic carbocycles. The number of aromatic nitrogens is 1. The van der Waals surface area contributed by atoms with Crippen molar-refractivity contribution in [2.75, 3.05) is 12.4 Å². The van der Waals surface area contributed by atoms with Crippen LogP contribution < -0.4 is 5.32 Å². The van der Waals surface area contributed by atoms with Crippen LogP contribution in [0.2, 0.25) is 0 Å². The van der Waals surface area contributed by atoms with Gasteiger partial charge in [0, 0.05) is 18.9 Å². The smallest absolute Gasteiger partial charge is 0.0933 e. The first-order valence-electron chi connectivity index (χ1n) is 3.11. The van der Waals surface area contributed by atoms with Gasteiger partial charge >= 0.3 is 0 Å². The lowest BCUT2D eigenvalue weighted by atomic mass is 10.3. The van der Waals surface area contributed by atoms with Crippen LogP contribution in [0.15, 0.2) is 18.3 Å². The Bertz CT molecular complexity index is 273. The Morgan fingerprint density at radius 2 is 2.45 bits per heavy atom. The van der Waals surface area contributed by atoms with Gasteiger partial charge in [0.25, 0.3) is 0 Å². The minimum atomic E-state index is 0.516. The van der Waals surface area contributed by atoms with Gasteiger partial charge in [0.2, 0.25) is 0 Å². The highest BCUT2D eigenvalue weighted by Crippen LogP contribution is 2.08. The van der Waals surface area contributed by atoms with E-state index in [0.717, 1.165) is 11.4 Å². The van der Waals surface area contributed by atoms with Crippen LogP contribution in [0.25, 0.3) is 0 Å². The van der Waals surface area contributed by atoms with Crippen molar-refractivity contribution in [1.82, 2.24) is 4.98 Å². The highest BCUT2D eigenvalue weighted by molar-refractivity contribution is 8.11. The van der Waals surface area contributed by atoms with Gasteiger partial charge in [0.1, 0.15) is 0 Å². The number of anilines is 1. The van der Waals surface area contributed by atoms with E-state index in [1.54, 1.807) is 6.20 Å². The SMILES string of the molecule is CNc1ccnc(C(=S)S)c1. The lowest BCUT2D eigenvalue weighted by Gasteiger charge is -2.00. The van der Waals surface area contributed by atoms with Crippen LogP contribution in [0.1, 0.15) is 5.69 Å². The molecule has 0 radical (unpaired) electrons. The average molecular weight is 184 g/mol. The molecule has 0 atom stereocenters. The van der Waals surface area contributed by atoms with E-state index in [1.165, 1.54) is 0 Å². The van der Waals surface area contributed by atoms with Gasteiger partial charge in [-0.15, -0.1) is 12.6 Å². The van der Waals surface area contributed by atoms with Crippen molar-refractivity contribution in [3.8, 4) is 0 Å². The maximum atomic E-state index is 4.84. The fraction of sp³-hybridized carbons (Fsp3) is 0.143. The summed E-state index contributed by atoms with van der Waals surface area (Å²) in [4.78, 5) is 4.03. The van der Waals surface area contributed by atoms with Crippen molar-refractivity contribution in [2.45, 2.75) is 0 Å². The number of rotatable bonds is 2.